The summed E-state index contributed by atoms with van der Waals surface area (Å²) < 4.78 is 40.9. The molecule has 0 amide bonds. The van der Waals surface area contributed by atoms with E-state index in [0.29, 0.717) is 11.1 Å². The first kappa shape index (κ1) is 16.5. The molecule has 0 spiro atoms. The molecule has 0 atom stereocenters. The fraction of sp³-hybridized carbons (Fsp3) is 0.294. The van der Waals surface area contributed by atoms with Crippen LogP contribution in [0.15, 0.2) is 35.2 Å². The number of rotatable bonds is 3. The lowest BCUT2D eigenvalue weighted by Crippen LogP contribution is -2.29. The van der Waals surface area contributed by atoms with Gasteiger partial charge in [0.25, 0.3) is 10.0 Å². The standard InChI is InChI=1S/C17H20FNO2S/c1-11-10-12(2)14(4)17(13(11)3)22(20,21)19(5)16-9-7-6-8-15(16)18/h6-10H,1-5H3. The van der Waals surface area contributed by atoms with Crippen molar-refractivity contribution in [3.63, 3.8) is 0 Å². The van der Waals surface area contributed by atoms with Crippen molar-refractivity contribution in [2.75, 3.05) is 11.4 Å². The Morgan fingerprint density at radius 2 is 1.45 bits per heavy atom. The highest BCUT2D eigenvalue weighted by atomic mass is 32.2. The van der Waals surface area contributed by atoms with Crippen LogP contribution in [0.25, 0.3) is 0 Å². The molecule has 0 aliphatic heterocycles. The topological polar surface area (TPSA) is 37.4 Å². The van der Waals surface area contributed by atoms with E-state index in [0.717, 1.165) is 15.4 Å². The average Bonchev–Trinajstić information content (AvgIpc) is 2.45. The molecule has 0 unspecified atom stereocenters. The van der Waals surface area contributed by atoms with Crippen molar-refractivity contribution < 1.29 is 12.8 Å². The third kappa shape index (κ3) is 2.61. The summed E-state index contributed by atoms with van der Waals surface area (Å²) in [6.07, 6.45) is 0. The Hall–Kier alpha value is -1.88. The molecule has 0 radical (unpaired) electrons. The lowest BCUT2D eigenvalue weighted by Gasteiger charge is -2.24. The normalized spacial score (nSPS) is 11.5. The van der Waals surface area contributed by atoms with Crippen LogP contribution in [0.1, 0.15) is 22.3 Å². The zero-order valence-electron chi connectivity index (χ0n) is 13.4. The molecular formula is C17H20FNO2S. The number of hydrogen-bond donors (Lipinski definition) is 0. The van der Waals surface area contributed by atoms with E-state index in [-0.39, 0.29) is 10.6 Å². The maximum Gasteiger partial charge on any atom is 0.264 e. The van der Waals surface area contributed by atoms with E-state index in [1.54, 1.807) is 19.9 Å². The highest BCUT2D eigenvalue weighted by Gasteiger charge is 2.28. The largest absolute Gasteiger partial charge is 0.266 e. The van der Waals surface area contributed by atoms with Crippen LogP contribution in [0.3, 0.4) is 0 Å². The molecular weight excluding hydrogens is 301 g/mol. The quantitative estimate of drug-likeness (QED) is 0.860. The van der Waals surface area contributed by atoms with Crippen molar-refractivity contribution in [2.45, 2.75) is 32.6 Å². The fourth-order valence-electron chi connectivity index (χ4n) is 2.54. The van der Waals surface area contributed by atoms with E-state index in [1.165, 1.54) is 25.2 Å². The van der Waals surface area contributed by atoms with E-state index >= 15 is 0 Å². The van der Waals surface area contributed by atoms with Gasteiger partial charge in [0, 0.05) is 7.05 Å². The summed E-state index contributed by atoms with van der Waals surface area (Å²) in [5, 5.41) is 0. The molecule has 0 saturated carbocycles. The highest BCUT2D eigenvalue weighted by Crippen LogP contribution is 2.31. The van der Waals surface area contributed by atoms with E-state index < -0.39 is 15.8 Å². The van der Waals surface area contributed by atoms with Gasteiger partial charge >= 0.3 is 0 Å². The molecule has 22 heavy (non-hydrogen) atoms. The van der Waals surface area contributed by atoms with E-state index in [1.807, 2.05) is 19.9 Å². The summed E-state index contributed by atoms with van der Waals surface area (Å²) in [5.41, 5.74) is 3.25. The predicted octanol–water partition coefficient (Wildman–Crippen LogP) is 3.88. The molecule has 2 aromatic carbocycles. The van der Waals surface area contributed by atoms with Gasteiger partial charge in [0.1, 0.15) is 5.82 Å². The maximum absolute atomic E-state index is 13.9. The molecule has 2 rings (SSSR count). The number of benzene rings is 2. The number of anilines is 1. The van der Waals surface area contributed by atoms with Gasteiger partial charge in [-0.2, -0.15) is 0 Å². The molecule has 0 aliphatic rings. The minimum absolute atomic E-state index is 0.0421. The van der Waals surface area contributed by atoms with Crippen LogP contribution < -0.4 is 4.31 Å². The summed E-state index contributed by atoms with van der Waals surface area (Å²) in [6, 6.07) is 7.83. The molecule has 5 heteroatoms. The van der Waals surface area contributed by atoms with Crippen LogP contribution in [0, 0.1) is 33.5 Å². The first-order chi connectivity index (χ1) is 10.2. The van der Waals surface area contributed by atoms with Gasteiger partial charge in [-0.05, 0) is 62.1 Å². The molecule has 3 nitrogen and oxygen atoms in total. The summed E-state index contributed by atoms with van der Waals surface area (Å²) in [7, 11) is -2.45. The van der Waals surface area contributed by atoms with Gasteiger partial charge in [0.15, 0.2) is 0 Å². The third-order valence-electron chi connectivity index (χ3n) is 4.11. The van der Waals surface area contributed by atoms with Crippen molar-refractivity contribution in [1.29, 1.82) is 0 Å². The summed E-state index contributed by atoms with van der Waals surface area (Å²) in [6.45, 7) is 7.32. The SMILES string of the molecule is Cc1cc(C)c(C)c(S(=O)(=O)N(C)c2ccccc2F)c1C. The van der Waals surface area contributed by atoms with Gasteiger partial charge in [0.2, 0.25) is 0 Å². The van der Waals surface area contributed by atoms with E-state index in [9.17, 15) is 12.8 Å². The number of aryl methyl sites for hydroxylation is 2. The molecule has 118 valence electrons. The van der Waals surface area contributed by atoms with Gasteiger partial charge in [-0.15, -0.1) is 0 Å². The third-order valence-corrected chi connectivity index (χ3v) is 6.15. The predicted molar refractivity (Wildman–Crippen MR) is 87.4 cm³/mol. The molecule has 0 heterocycles. The number of sulfonamides is 1. The second-order valence-electron chi connectivity index (χ2n) is 5.51. The molecule has 0 fully saturated rings. The van der Waals surface area contributed by atoms with E-state index in [4.69, 9.17) is 0 Å². The zero-order chi connectivity index (χ0) is 16.7. The second kappa shape index (κ2) is 5.72. The summed E-state index contributed by atoms with van der Waals surface area (Å²) in [4.78, 5) is 0.260. The minimum Gasteiger partial charge on any atom is -0.266 e. The number of hydrogen-bond acceptors (Lipinski definition) is 2. The molecule has 0 bridgehead atoms. The molecule has 0 saturated heterocycles. The Morgan fingerprint density at radius 3 is 1.95 bits per heavy atom. The van der Waals surface area contributed by atoms with Crippen LogP contribution in [-0.2, 0) is 10.0 Å². The van der Waals surface area contributed by atoms with Crippen molar-refractivity contribution in [2.24, 2.45) is 0 Å². The monoisotopic (exact) mass is 321 g/mol. The van der Waals surface area contributed by atoms with Crippen molar-refractivity contribution in [3.05, 3.63) is 58.4 Å². The molecule has 0 N–H and O–H groups in total. The Balaban J connectivity index is 2.69. The Morgan fingerprint density at radius 1 is 0.955 bits per heavy atom. The van der Waals surface area contributed by atoms with Crippen LogP contribution in [0.2, 0.25) is 0 Å². The summed E-state index contributed by atoms with van der Waals surface area (Å²) >= 11 is 0. The zero-order valence-corrected chi connectivity index (χ0v) is 14.3. The fourth-order valence-corrected chi connectivity index (χ4v) is 4.32. The van der Waals surface area contributed by atoms with Gasteiger partial charge < -0.3 is 0 Å². The second-order valence-corrected chi connectivity index (χ2v) is 7.42. The first-order valence-corrected chi connectivity index (χ1v) is 8.42. The lowest BCUT2D eigenvalue weighted by molar-refractivity contribution is 0.588. The van der Waals surface area contributed by atoms with Crippen molar-refractivity contribution in [1.82, 2.24) is 0 Å². The van der Waals surface area contributed by atoms with Gasteiger partial charge in [0.05, 0.1) is 10.6 Å². The van der Waals surface area contributed by atoms with Gasteiger partial charge in [-0.3, -0.25) is 4.31 Å². The van der Waals surface area contributed by atoms with Crippen LogP contribution >= 0.6 is 0 Å². The number of nitrogens with zero attached hydrogens (tertiary/aromatic N) is 1. The minimum atomic E-state index is -3.83. The van der Waals surface area contributed by atoms with Crippen LogP contribution in [0.4, 0.5) is 10.1 Å². The average molecular weight is 321 g/mol. The Bertz CT molecular complexity index is 803. The van der Waals surface area contributed by atoms with Crippen LogP contribution in [-0.4, -0.2) is 15.5 Å². The Labute approximate surface area is 131 Å². The first-order valence-electron chi connectivity index (χ1n) is 6.98. The highest BCUT2D eigenvalue weighted by molar-refractivity contribution is 7.92. The molecule has 0 aromatic heterocycles. The maximum atomic E-state index is 13.9. The van der Waals surface area contributed by atoms with Crippen molar-refractivity contribution >= 4 is 15.7 Å². The smallest absolute Gasteiger partial charge is 0.264 e. The summed E-state index contributed by atoms with van der Waals surface area (Å²) in [5.74, 6) is -0.562. The molecule has 0 aliphatic carbocycles. The Kier molecular flexibility index (Phi) is 4.29. The van der Waals surface area contributed by atoms with Crippen molar-refractivity contribution in [3.8, 4) is 0 Å². The van der Waals surface area contributed by atoms with Crippen LogP contribution in [0.5, 0.6) is 0 Å². The number of para-hydroxylation sites is 1. The number of halogens is 1. The van der Waals surface area contributed by atoms with Gasteiger partial charge in [-0.25, -0.2) is 12.8 Å². The van der Waals surface area contributed by atoms with E-state index in [2.05, 4.69) is 0 Å². The van der Waals surface area contributed by atoms with Gasteiger partial charge in [-0.1, -0.05) is 18.2 Å². The molecule has 2 aromatic rings. The lowest BCUT2D eigenvalue weighted by atomic mass is 10.0.